The molecule has 0 aliphatic heterocycles. The molecule has 0 saturated carbocycles. The molecule has 1 heterocycles. The van der Waals surface area contributed by atoms with Crippen LogP contribution in [0.4, 0.5) is 22.2 Å². The molecular weight excluding hydrogens is 440 g/mol. The molecular formula is C23H28N6OS2. The normalized spacial score (nSPS) is 11.1. The van der Waals surface area contributed by atoms with Crippen molar-refractivity contribution in [3.63, 3.8) is 0 Å². The number of rotatable bonds is 10. The second-order valence-electron chi connectivity index (χ2n) is 7.12. The number of aryl methyl sites for hydroxylation is 1. The number of thioether (sulfide) groups is 1. The lowest BCUT2D eigenvalue weighted by Gasteiger charge is -2.24. The number of carbonyl (C=O) groups excluding carboxylic acids is 1. The van der Waals surface area contributed by atoms with Crippen LogP contribution in [0.2, 0.25) is 0 Å². The lowest BCUT2D eigenvalue weighted by Crippen LogP contribution is -2.25. The number of benzene rings is 2. The van der Waals surface area contributed by atoms with Crippen molar-refractivity contribution in [3.05, 3.63) is 53.6 Å². The highest BCUT2D eigenvalue weighted by atomic mass is 32.2. The zero-order valence-electron chi connectivity index (χ0n) is 18.8. The fourth-order valence-corrected chi connectivity index (χ4v) is 4.79. The van der Waals surface area contributed by atoms with E-state index in [4.69, 9.17) is 0 Å². The third-order valence-corrected chi connectivity index (χ3v) is 6.68. The molecule has 0 fully saturated rings. The Morgan fingerprint density at radius 3 is 2.69 bits per heavy atom. The molecule has 1 amide bonds. The first-order chi connectivity index (χ1) is 15.5. The molecule has 0 radical (unpaired) electrons. The van der Waals surface area contributed by atoms with Crippen molar-refractivity contribution < 1.29 is 4.79 Å². The van der Waals surface area contributed by atoms with Gasteiger partial charge in [0.05, 0.1) is 5.69 Å². The Kier molecular flexibility index (Phi) is 8.75. The average molecular weight is 469 g/mol. The smallest absolute Gasteiger partial charge is 0.252 e. The highest BCUT2D eigenvalue weighted by Crippen LogP contribution is 2.33. The standard InChI is InChI=1S/C23H28N6OS2/c1-5-29(14-13-18-10-8-7-9-16(18)3)19-11-12-20(21(15-19)24-17(4)30)25-26-22-27-28-23(32-22)31-6-2/h7-12,15H,5-6,13-14H2,1-4H3,(H,24,30). The van der Waals surface area contributed by atoms with Crippen LogP contribution in [0.25, 0.3) is 0 Å². The van der Waals surface area contributed by atoms with Crippen LogP contribution >= 0.6 is 23.1 Å². The minimum Gasteiger partial charge on any atom is -0.371 e. The monoisotopic (exact) mass is 468 g/mol. The summed E-state index contributed by atoms with van der Waals surface area (Å²) in [6.07, 6.45) is 0.951. The lowest BCUT2D eigenvalue weighted by atomic mass is 10.1. The van der Waals surface area contributed by atoms with E-state index in [9.17, 15) is 4.79 Å². The quantitative estimate of drug-likeness (QED) is 0.275. The summed E-state index contributed by atoms with van der Waals surface area (Å²) in [6, 6.07) is 14.3. The van der Waals surface area contributed by atoms with Crippen LogP contribution in [0, 0.1) is 6.92 Å². The van der Waals surface area contributed by atoms with Gasteiger partial charge >= 0.3 is 0 Å². The van der Waals surface area contributed by atoms with Gasteiger partial charge in [0.1, 0.15) is 5.69 Å². The molecule has 0 bridgehead atoms. The van der Waals surface area contributed by atoms with Crippen LogP contribution in [-0.4, -0.2) is 34.9 Å². The van der Waals surface area contributed by atoms with Gasteiger partial charge in [-0.2, -0.15) is 0 Å². The molecule has 3 aromatic rings. The number of amides is 1. The molecule has 0 saturated heterocycles. The van der Waals surface area contributed by atoms with E-state index in [0.717, 1.165) is 35.3 Å². The van der Waals surface area contributed by atoms with E-state index in [2.05, 4.69) is 75.7 Å². The predicted octanol–water partition coefficient (Wildman–Crippen LogP) is 6.40. The van der Waals surface area contributed by atoms with Gasteiger partial charge in [-0.05, 0) is 55.3 Å². The number of hydrogen-bond donors (Lipinski definition) is 1. The molecule has 1 aromatic heterocycles. The number of nitrogens with one attached hydrogen (secondary N) is 1. The Morgan fingerprint density at radius 2 is 1.97 bits per heavy atom. The fraction of sp³-hybridized carbons (Fsp3) is 0.348. The van der Waals surface area contributed by atoms with Crippen LogP contribution in [0.5, 0.6) is 0 Å². The minimum atomic E-state index is -0.154. The van der Waals surface area contributed by atoms with Gasteiger partial charge in [-0.25, -0.2) is 0 Å². The number of nitrogens with zero attached hydrogens (tertiary/aromatic N) is 5. The number of carbonyl (C=O) groups is 1. The molecule has 3 rings (SSSR count). The second-order valence-corrected chi connectivity index (χ2v) is 9.59. The highest BCUT2D eigenvalue weighted by Gasteiger charge is 2.11. The van der Waals surface area contributed by atoms with E-state index in [1.807, 2.05) is 18.2 Å². The summed E-state index contributed by atoms with van der Waals surface area (Å²) in [7, 11) is 0. The van der Waals surface area contributed by atoms with Crippen molar-refractivity contribution in [2.24, 2.45) is 10.2 Å². The Balaban J connectivity index is 1.80. The summed E-state index contributed by atoms with van der Waals surface area (Å²) in [4.78, 5) is 14.1. The predicted molar refractivity (Wildman–Crippen MR) is 134 cm³/mol. The van der Waals surface area contributed by atoms with Gasteiger partial charge in [0.15, 0.2) is 4.34 Å². The Morgan fingerprint density at radius 1 is 1.16 bits per heavy atom. The van der Waals surface area contributed by atoms with Gasteiger partial charge in [0, 0.05) is 25.7 Å². The van der Waals surface area contributed by atoms with E-state index < -0.39 is 0 Å². The second kappa shape index (κ2) is 11.7. The number of aromatic nitrogens is 2. The van der Waals surface area contributed by atoms with Crippen LogP contribution in [0.3, 0.4) is 0 Å². The molecule has 1 N–H and O–H groups in total. The van der Waals surface area contributed by atoms with Gasteiger partial charge in [-0.15, -0.1) is 20.4 Å². The summed E-state index contributed by atoms with van der Waals surface area (Å²) >= 11 is 3.02. The molecule has 0 unspecified atom stereocenters. The zero-order chi connectivity index (χ0) is 22.9. The van der Waals surface area contributed by atoms with Crippen LogP contribution in [0.15, 0.2) is 57.0 Å². The van der Waals surface area contributed by atoms with E-state index >= 15 is 0 Å². The summed E-state index contributed by atoms with van der Waals surface area (Å²) in [5.74, 6) is 0.775. The highest BCUT2D eigenvalue weighted by molar-refractivity contribution is 8.01. The van der Waals surface area contributed by atoms with Crippen molar-refractivity contribution >= 4 is 51.2 Å². The molecule has 7 nitrogen and oxygen atoms in total. The number of azo groups is 1. The van der Waals surface area contributed by atoms with E-state index in [0.29, 0.717) is 16.5 Å². The molecule has 0 aliphatic rings. The number of likely N-dealkylation sites (N-methyl/N-ethyl adjacent to an activating group) is 1. The maximum atomic E-state index is 11.8. The third-order valence-electron chi connectivity index (χ3n) is 4.86. The molecule has 2 aromatic carbocycles. The zero-order valence-corrected chi connectivity index (χ0v) is 20.5. The van der Waals surface area contributed by atoms with Gasteiger partial charge in [-0.3, -0.25) is 4.79 Å². The van der Waals surface area contributed by atoms with E-state index in [1.165, 1.54) is 29.4 Å². The first kappa shape index (κ1) is 23.9. The molecule has 168 valence electrons. The fourth-order valence-electron chi connectivity index (χ4n) is 3.23. The molecule has 0 aliphatic carbocycles. The van der Waals surface area contributed by atoms with Crippen molar-refractivity contribution in [1.29, 1.82) is 0 Å². The topological polar surface area (TPSA) is 82.8 Å². The average Bonchev–Trinajstić information content (AvgIpc) is 3.22. The van der Waals surface area contributed by atoms with Crippen molar-refractivity contribution in [3.8, 4) is 0 Å². The van der Waals surface area contributed by atoms with Crippen molar-refractivity contribution in [2.75, 3.05) is 29.1 Å². The van der Waals surface area contributed by atoms with Gasteiger partial charge in [0.2, 0.25) is 5.91 Å². The molecule has 0 spiro atoms. The number of anilines is 2. The molecule has 9 heteroatoms. The maximum Gasteiger partial charge on any atom is 0.252 e. The minimum absolute atomic E-state index is 0.154. The first-order valence-corrected chi connectivity index (χ1v) is 12.4. The summed E-state index contributed by atoms with van der Waals surface area (Å²) < 4.78 is 0.867. The van der Waals surface area contributed by atoms with Gasteiger partial charge < -0.3 is 10.2 Å². The summed E-state index contributed by atoms with van der Waals surface area (Å²) in [5, 5.41) is 20.1. The Hall–Kier alpha value is -2.78. The van der Waals surface area contributed by atoms with Crippen LogP contribution in [0.1, 0.15) is 31.9 Å². The van der Waals surface area contributed by atoms with Crippen molar-refractivity contribution in [1.82, 2.24) is 10.2 Å². The van der Waals surface area contributed by atoms with E-state index in [-0.39, 0.29) is 5.91 Å². The van der Waals surface area contributed by atoms with Crippen molar-refractivity contribution in [2.45, 2.75) is 38.5 Å². The van der Waals surface area contributed by atoms with Gasteiger partial charge in [-0.1, -0.05) is 54.3 Å². The largest absolute Gasteiger partial charge is 0.371 e. The summed E-state index contributed by atoms with van der Waals surface area (Å²) in [5.41, 5.74) is 4.88. The van der Waals surface area contributed by atoms with E-state index in [1.54, 1.807) is 11.8 Å². The third kappa shape index (κ3) is 6.61. The van der Waals surface area contributed by atoms with Gasteiger partial charge in [0.25, 0.3) is 5.13 Å². The SMILES string of the molecule is CCSc1nnc(N=Nc2ccc(N(CC)CCc3ccccc3C)cc2NC(C)=O)s1. The molecule has 0 atom stereocenters. The van der Waals surface area contributed by atoms with Crippen LogP contribution in [-0.2, 0) is 11.2 Å². The first-order valence-electron chi connectivity index (χ1n) is 10.6. The summed E-state index contributed by atoms with van der Waals surface area (Å²) in [6.45, 7) is 9.56. The number of hydrogen-bond acceptors (Lipinski definition) is 8. The maximum absolute atomic E-state index is 11.8. The van der Waals surface area contributed by atoms with Crippen LogP contribution < -0.4 is 10.2 Å². The molecule has 32 heavy (non-hydrogen) atoms. The Bertz CT molecular complexity index is 1080. The lowest BCUT2D eigenvalue weighted by molar-refractivity contribution is -0.114. The Labute approximate surface area is 197 Å².